The van der Waals surface area contributed by atoms with Crippen molar-refractivity contribution in [1.82, 2.24) is 10.2 Å². The smallest absolute Gasteiger partial charge is 0.127 e. The number of aliphatic hydroxyl groups excluding tert-OH is 1. The van der Waals surface area contributed by atoms with Crippen molar-refractivity contribution < 1.29 is 9.84 Å². The lowest BCUT2D eigenvalue weighted by Crippen LogP contribution is -2.45. The minimum atomic E-state index is 0.205. The molecule has 0 bridgehead atoms. The fourth-order valence-corrected chi connectivity index (χ4v) is 3.06. The van der Waals surface area contributed by atoms with Crippen LogP contribution in [0.15, 0.2) is 54.6 Å². The van der Waals surface area contributed by atoms with Crippen LogP contribution >= 0.6 is 0 Å². The van der Waals surface area contributed by atoms with Gasteiger partial charge in [0.25, 0.3) is 0 Å². The molecule has 0 aromatic heterocycles. The van der Waals surface area contributed by atoms with Crippen LogP contribution in [0, 0.1) is 0 Å². The summed E-state index contributed by atoms with van der Waals surface area (Å²) in [6, 6.07) is 18.3. The van der Waals surface area contributed by atoms with Gasteiger partial charge in [-0.25, -0.2) is 0 Å². The van der Waals surface area contributed by atoms with E-state index in [1.807, 2.05) is 42.5 Å². The Morgan fingerprint density at radius 2 is 1.61 bits per heavy atom. The number of para-hydroxylation sites is 1. The lowest BCUT2D eigenvalue weighted by Gasteiger charge is -2.35. The highest BCUT2D eigenvalue weighted by atomic mass is 16.5. The first-order chi connectivity index (χ1) is 11.4. The third-order valence-electron chi connectivity index (χ3n) is 4.24. The van der Waals surface area contributed by atoms with Crippen molar-refractivity contribution in [3.63, 3.8) is 0 Å². The number of nitrogens with one attached hydrogen (secondary N) is 1. The Morgan fingerprint density at radius 1 is 0.957 bits per heavy atom. The fraction of sp³-hybridized carbons (Fsp3) is 0.368. The van der Waals surface area contributed by atoms with Gasteiger partial charge in [0, 0.05) is 38.8 Å². The van der Waals surface area contributed by atoms with E-state index in [9.17, 15) is 5.11 Å². The number of hydrogen-bond donors (Lipinski definition) is 2. The summed E-state index contributed by atoms with van der Waals surface area (Å²) >= 11 is 0. The summed E-state index contributed by atoms with van der Waals surface area (Å²) < 4.78 is 5.85. The number of aliphatic hydroxyl groups is 1. The molecule has 0 amide bonds. The summed E-state index contributed by atoms with van der Waals surface area (Å²) in [7, 11) is 0. The lowest BCUT2D eigenvalue weighted by atomic mass is 10.0. The largest absolute Gasteiger partial charge is 0.457 e. The maximum absolute atomic E-state index is 9.41. The fourth-order valence-electron chi connectivity index (χ4n) is 3.06. The van der Waals surface area contributed by atoms with Crippen LogP contribution in [-0.4, -0.2) is 42.8 Å². The molecule has 4 heteroatoms. The molecule has 0 radical (unpaired) electrons. The van der Waals surface area contributed by atoms with Crippen molar-refractivity contribution in [3.05, 3.63) is 60.2 Å². The van der Waals surface area contributed by atoms with Gasteiger partial charge < -0.3 is 15.2 Å². The van der Waals surface area contributed by atoms with Crippen molar-refractivity contribution in [1.29, 1.82) is 0 Å². The quantitative estimate of drug-likeness (QED) is 0.861. The average molecular weight is 312 g/mol. The predicted molar refractivity (Wildman–Crippen MR) is 91.8 cm³/mol. The zero-order valence-corrected chi connectivity index (χ0v) is 13.3. The third-order valence-corrected chi connectivity index (χ3v) is 4.24. The molecule has 1 saturated heterocycles. The van der Waals surface area contributed by atoms with E-state index in [1.54, 1.807) is 0 Å². The van der Waals surface area contributed by atoms with Crippen LogP contribution in [0.4, 0.5) is 0 Å². The van der Waals surface area contributed by atoms with Crippen LogP contribution in [0.2, 0.25) is 0 Å². The number of ether oxygens (including phenoxy) is 1. The van der Waals surface area contributed by atoms with E-state index < -0.39 is 0 Å². The highest BCUT2D eigenvalue weighted by Crippen LogP contribution is 2.28. The summed E-state index contributed by atoms with van der Waals surface area (Å²) in [5.41, 5.74) is 1.24. The second-order valence-electron chi connectivity index (χ2n) is 5.80. The normalized spacial score (nSPS) is 16.9. The molecular weight excluding hydrogens is 288 g/mol. The molecule has 23 heavy (non-hydrogen) atoms. The first kappa shape index (κ1) is 16.0. The predicted octanol–water partition coefficient (Wildman–Crippen LogP) is 2.81. The molecule has 2 aromatic carbocycles. The van der Waals surface area contributed by atoms with E-state index >= 15 is 0 Å². The van der Waals surface area contributed by atoms with Crippen molar-refractivity contribution in [2.24, 2.45) is 0 Å². The van der Waals surface area contributed by atoms with Crippen molar-refractivity contribution in [2.45, 2.75) is 12.5 Å². The van der Waals surface area contributed by atoms with Gasteiger partial charge in [-0.05, 0) is 36.2 Å². The molecule has 1 aliphatic heterocycles. The van der Waals surface area contributed by atoms with E-state index in [1.165, 1.54) is 5.56 Å². The summed E-state index contributed by atoms with van der Waals surface area (Å²) in [4.78, 5) is 2.44. The highest BCUT2D eigenvalue weighted by molar-refractivity contribution is 5.34. The van der Waals surface area contributed by atoms with Gasteiger partial charge in [0.15, 0.2) is 0 Å². The van der Waals surface area contributed by atoms with Gasteiger partial charge >= 0.3 is 0 Å². The second-order valence-corrected chi connectivity index (χ2v) is 5.80. The van der Waals surface area contributed by atoms with Gasteiger partial charge in [0.1, 0.15) is 11.5 Å². The molecule has 0 spiro atoms. The van der Waals surface area contributed by atoms with Crippen LogP contribution in [0.3, 0.4) is 0 Å². The van der Waals surface area contributed by atoms with Crippen LogP contribution < -0.4 is 10.1 Å². The van der Waals surface area contributed by atoms with E-state index in [0.29, 0.717) is 0 Å². The van der Waals surface area contributed by atoms with Gasteiger partial charge in [-0.3, -0.25) is 4.90 Å². The Balaban J connectivity index is 1.70. The molecule has 1 fully saturated rings. The molecule has 0 saturated carbocycles. The molecular formula is C19H24N2O2. The number of rotatable bonds is 6. The van der Waals surface area contributed by atoms with Gasteiger partial charge in [0.2, 0.25) is 0 Å². The minimum absolute atomic E-state index is 0.205. The number of hydrogen-bond acceptors (Lipinski definition) is 4. The third kappa shape index (κ3) is 4.32. The van der Waals surface area contributed by atoms with E-state index in [0.717, 1.165) is 44.1 Å². The summed E-state index contributed by atoms with van der Waals surface area (Å²) in [6.45, 7) is 4.27. The molecule has 1 atom stereocenters. The van der Waals surface area contributed by atoms with Crippen LogP contribution in [0.5, 0.6) is 11.5 Å². The Kier molecular flexibility index (Phi) is 5.64. The molecule has 1 aliphatic rings. The van der Waals surface area contributed by atoms with E-state index in [2.05, 4.69) is 22.3 Å². The van der Waals surface area contributed by atoms with Gasteiger partial charge in [-0.2, -0.15) is 0 Å². The van der Waals surface area contributed by atoms with Gasteiger partial charge in [0.05, 0.1) is 0 Å². The molecule has 1 heterocycles. The SMILES string of the molecule is OCC[C@@H](c1ccc(Oc2ccccc2)cc1)N1CCNCC1. The van der Waals surface area contributed by atoms with E-state index in [4.69, 9.17) is 4.74 Å². The first-order valence-electron chi connectivity index (χ1n) is 8.25. The standard InChI is InChI=1S/C19H24N2O2/c22-15-10-19(21-13-11-20-12-14-21)16-6-8-18(9-7-16)23-17-4-2-1-3-5-17/h1-9,19-20,22H,10-15H2/t19-/m0/s1. The zero-order valence-electron chi connectivity index (χ0n) is 13.3. The summed E-state index contributed by atoms with van der Waals surface area (Å²) in [5, 5.41) is 12.8. The van der Waals surface area contributed by atoms with Crippen molar-refractivity contribution in [3.8, 4) is 11.5 Å². The molecule has 0 unspecified atom stereocenters. The molecule has 0 aliphatic carbocycles. The minimum Gasteiger partial charge on any atom is -0.457 e. The topological polar surface area (TPSA) is 44.7 Å². The summed E-state index contributed by atoms with van der Waals surface area (Å²) in [5.74, 6) is 1.68. The van der Waals surface area contributed by atoms with E-state index in [-0.39, 0.29) is 12.6 Å². The first-order valence-corrected chi connectivity index (χ1v) is 8.25. The molecule has 122 valence electrons. The Hall–Kier alpha value is -1.88. The average Bonchev–Trinajstić information content (AvgIpc) is 2.62. The van der Waals surface area contributed by atoms with Crippen LogP contribution in [0.25, 0.3) is 0 Å². The number of nitrogens with zero attached hydrogens (tertiary/aromatic N) is 1. The molecule has 2 N–H and O–H groups in total. The zero-order chi connectivity index (χ0) is 15.9. The Labute approximate surface area is 137 Å². The van der Waals surface area contributed by atoms with Crippen molar-refractivity contribution >= 4 is 0 Å². The Bertz CT molecular complexity index is 580. The van der Waals surface area contributed by atoms with Crippen LogP contribution in [0.1, 0.15) is 18.0 Å². The Morgan fingerprint density at radius 3 is 2.26 bits per heavy atom. The number of piperazine rings is 1. The monoisotopic (exact) mass is 312 g/mol. The summed E-state index contributed by atoms with van der Waals surface area (Å²) in [6.07, 6.45) is 0.763. The van der Waals surface area contributed by atoms with Crippen LogP contribution in [-0.2, 0) is 0 Å². The molecule has 2 aromatic rings. The maximum Gasteiger partial charge on any atom is 0.127 e. The lowest BCUT2D eigenvalue weighted by molar-refractivity contribution is 0.141. The van der Waals surface area contributed by atoms with Gasteiger partial charge in [-0.1, -0.05) is 30.3 Å². The highest BCUT2D eigenvalue weighted by Gasteiger charge is 2.21. The molecule has 3 rings (SSSR count). The second kappa shape index (κ2) is 8.11. The number of benzene rings is 2. The van der Waals surface area contributed by atoms with Crippen molar-refractivity contribution in [2.75, 3.05) is 32.8 Å². The maximum atomic E-state index is 9.41. The van der Waals surface area contributed by atoms with Gasteiger partial charge in [-0.15, -0.1) is 0 Å². The molecule has 4 nitrogen and oxygen atoms in total.